The number of rotatable bonds is 4. The molecule has 344 valence electrons. The molecule has 0 aliphatic carbocycles. The highest BCUT2D eigenvalue weighted by Crippen LogP contribution is 2.70. The van der Waals surface area contributed by atoms with E-state index >= 15 is 4.57 Å². The lowest BCUT2D eigenvalue weighted by Crippen LogP contribution is -2.66. The summed E-state index contributed by atoms with van der Waals surface area (Å²) in [5.74, 6) is 2.79. The van der Waals surface area contributed by atoms with Crippen molar-refractivity contribution < 1.29 is 9.30 Å². The molecule has 0 N–H and O–H groups in total. The van der Waals surface area contributed by atoms with Crippen LogP contribution in [0.2, 0.25) is 0 Å². The fourth-order valence-corrected chi connectivity index (χ4v) is 17.4. The Morgan fingerprint density at radius 3 is 1.44 bits per heavy atom. The molecule has 0 saturated carbocycles. The molecule has 6 nitrogen and oxygen atoms in total. The van der Waals surface area contributed by atoms with E-state index in [4.69, 9.17) is 4.74 Å². The third-order valence-corrected chi connectivity index (χ3v) is 20.1. The average molecular weight is 947 g/mol. The van der Waals surface area contributed by atoms with Crippen molar-refractivity contribution in [1.29, 1.82) is 0 Å². The Labute approximate surface area is 421 Å². The van der Waals surface area contributed by atoms with E-state index in [-0.39, 0.29) is 13.4 Å². The Bertz CT molecular complexity index is 3970. The summed E-state index contributed by atoms with van der Waals surface area (Å²) >= 11 is 0. The predicted octanol–water partition coefficient (Wildman–Crippen LogP) is 11.6. The molecule has 0 saturated heterocycles. The molecule has 9 aromatic carbocycles. The first-order chi connectivity index (χ1) is 35.1. The lowest BCUT2D eigenvalue weighted by molar-refractivity contribution is 0.487. The van der Waals surface area contributed by atoms with Gasteiger partial charge in [0.2, 0.25) is 0 Å². The Morgan fingerprint density at radius 1 is 0.389 bits per heavy atom. The minimum absolute atomic E-state index is 0.0798. The maximum absolute atomic E-state index is 17.5. The molecule has 0 bridgehead atoms. The van der Waals surface area contributed by atoms with Crippen LogP contribution in [0.5, 0.6) is 11.5 Å². The van der Waals surface area contributed by atoms with Crippen molar-refractivity contribution >= 4 is 138 Å². The first kappa shape index (κ1) is 41.0. The molecule has 1 unspecified atom stereocenters. The van der Waals surface area contributed by atoms with Crippen LogP contribution in [0.25, 0.3) is 0 Å². The van der Waals surface area contributed by atoms with Crippen LogP contribution in [0.4, 0.5) is 68.2 Å². The van der Waals surface area contributed by atoms with Crippen LogP contribution >= 0.6 is 7.14 Å². The van der Waals surface area contributed by atoms with Crippen LogP contribution in [-0.4, -0.2) is 13.4 Å². The zero-order valence-corrected chi connectivity index (χ0v) is 42.0. The van der Waals surface area contributed by atoms with Crippen molar-refractivity contribution in [3.63, 3.8) is 0 Å². The van der Waals surface area contributed by atoms with Gasteiger partial charge in [-0.25, -0.2) is 0 Å². The third kappa shape index (κ3) is 4.83. The highest BCUT2D eigenvalue weighted by Gasteiger charge is 2.59. The minimum Gasteiger partial charge on any atom is -0.458 e. The summed E-state index contributed by atoms with van der Waals surface area (Å²) < 4.78 is 24.8. The fraction of sp³-hybridized carbons (Fsp3) is 0.143. The molecular weight excluding hydrogens is 897 g/mol. The Morgan fingerprint density at radius 2 is 0.861 bits per heavy atom. The van der Waals surface area contributed by atoms with Gasteiger partial charge in [0.25, 0.3) is 13.4 Å². The molecule has 72 heavy (non-hydrogen) atoms. The second kappa shape index (κ2) is 14.1. The van der Waals surface area contributed by atoms with E-state index in [0.29, 0.717) is 17.8 Å². The maximum Gasteiger partial charge on any atom is 0.252 e. The number of hydrogen-bond donors (Lipinski definition) is 0. The zero-order chi connectivity index (χ0) is 48.2. The summed E-state index contributed by atoms with van der Waals surface area (Å²) in [4.78, 5) is 9.98. The van der Waals surface area contributed by atoms with Gasteiger partial charge in [-0.1, -0.05) is 150 Å². The number of fused-ring (bicyclic) bond motifs is 20. The molecule has 7 aliphatic heterocycles. The number of anilines is 12. The average Bonchev–Trinajstić information content (AvgIpc) is 3.41. The van der Waals surface area contributed by atoms with Crippen LogP contribution in [0.3, 0.4) is 0 Å². The van der Waals surface area contributed by atoms with Gasteiger partial charge in [-0.15, -0.1) is 0 Å². The molecule has 9 heteroatoms. The van der Waals surface area contributed by atoms with Crippen LogP contribution in [0.1, 0.15) is 76.0 Å². The molecule has 7 aliphatic rings. The van der Waals surface area contributed by atoms with Gasteiger partial charge >= 0.3 is 0 Å². The van der Waals surface area contributed by atoms with E-state index in [0.717, 1.165) is 95.7 Å². The van der Waals surface area contributed by atoms with Gasteiger partial charge in [0.15, 0.2) is 7.14 Å². The molecule has 0 spiro atoms. The molecule has 0 radical (unpaired) electrons. The van der Waals surface area contributed by atoms with Crippen LogP contribution < -0.4 is 73.0 Å². The van der Waals surface area contributed by atoms with E-state index in [1.54, 1.807) is 0 Å². The number of ether oxygens (including phenoxy) is 1. The Balaban J connectivity index is 1.08. The van der Waals surface area contributed by atoms with E-state index in [2.05, 4.69) is 231 Å². The van der Waals surface area contributed by atoms with Crippen molar-refractivity contribution in [1.82, 2.24) is 0 Å². The van der Waals surface area contributed by atoms with Crippen molar-refractivity contribution in [3.05, 3.63) is 187 Å². The molecule has 1 atom stereocenters. The number of para-hydroxylation sites is 8. The fourth-order valence-electron chi connectivity index (χ4n) is 14.0. The van der Waals surface area contributed by atoms with Gasteiger partial charge < -0.3 is 28.9 Å². The van der Waals surface area contributed by atoms with Crippen molar-refractivity contribution in [2.24, 2.45) is 0 Å². The van der Waals surface area contributed by atoms with Crippen LogP contribution in [-0.2, 0) is 4.57 Å². The SMILES string of the molecule is CC(C)c1cc(C(C)C)c(B2c3ccccc3Oc3cc4c(cc32)B2c3ccccc3N3c5ccccc5P5(=O)c6ccccc6N6c7ccccc7N7c8ccccc8N4c4c2c3c5c6c47)c(C(C)C)c1. The molecule has 0 amide bonds. The van der Waals surface area contributed by atoms with E-state index in [1.807, 2.05) is 0 Å². The summed E-state index contributed by atoms with van der Waals surface area (Å²) in [5, 5.41) is 2.69. The largest absolute Gasteiger partial charge is 0.458 e. The second-order valence-electron chi connectivity index (χ2n) is 21.7. The Hall–Kier alpha value is -7.66. The molecular formula is C63H49B2N4O2P. The number of hydrogen-bond acceptors (Lipinski definition) is 6. The molecule has 9 aromatic rings. The van der Waals surface area contributed by atoms with Gasteiger partial charge in [0.05, 0.1) is 62.2 Å². The maximum atomic E-state index is 17.5. The zero-order valence-electron chi connectivity index (χ0n) is 41.1. The van der Waals surface area contributed by atoms with E-state index < -0.39 is 7.14 Å². The topological polar surface area (TPSA) is 39.3 Å². The van der Waals surface area contributed by atoms with Gasteiger partial charge in [0.1, 0.15) is 11.5 Å². The lowest BCUT2D eigenvalue weighted by Gasteiger charge is -2.56. The molecule has 0 fully saturated rings. The standard InChI is InChI=1S/C63H49B2N4O2P/c1-35(2)38-31-39(36(3)4)57(40(32-38)37(5)6)65-42-20-8-16-28-53(42)71-54-34-52-43(33-44(54)65)64-41-19-7-9-21-45(41)66-50-26-14-17-29-55(50)72(70)56-30-18-15-27-51(56)68-48-24-12-10-22-46(48)67-47-23-11-13-25-49(47)69(52)59-58(64)60(66)63(72)62(68)61(59)67/h7-37H,1-6H3. The van der Waals surface area contributed by atoms with Gasteiger partial charge in [-0.3, -0.25) is 0 Å². The summed E-state index contributed by atoms with van der Waals surface area (Å²) in [6, 6.07) is 62.4. The Kier molecular flexibility index (Phi) is 8.00. The van der Waals surface area contributed by atoms with E-state index in [9.17, 15) is 0 Å². The highest BCUT2D eigenvalue weighted by atomic mass is 31.2. The monoisotopic (exact) mass is 946 g/mol. The van der Waals surface area contributed by atoms with Gasteiger partial charge in [-0.2, -0.15) is 0 Å². The van der Waals surface area contributed by atoms with Crippen LogP contribution in [0, 0.1) is 0 Å². The van der Waals surface area contributed by atoms with Gasteiger partial charge in [-0.05, 0) is 122 Å². The smallest absolute Gasteiger partial charge is 0.252 e. The summed E-state index contributed by atoms with van der Waals surface area (Å²) in [6.07, 6.45) is 0. The molecule has 16 rings (SSSR count). The van der Waals surface area contributed by atoms with Crippen molar-refractivity contribution in [2.45, 2.75) is 59.3 Å². The lowest BCUT2D eigenvalue weighted by atomic mass is 9.30. The van der Waals surface area contributed by atoms with Gasteiger partial charge in [0, 0.05) is 28.1 Å². The number of nitrogens with zero attached hydrogens (tertiary/aromatic N) is 4. The summed E-state index contributed by atoms with van der Waals surface area (Å²) in [7, 11) is -3.55. The quantitative estimate of drug-likeness (QED) is 0.129. The number of benzene rings is 9. The predicted molar refractivity (Wildman–Crippen MR) is 303 cm³/mol. The van der Waals surface area contributed by atoms with Crippen molar-refractivity contribution in [3.8, 4) is 11.5 Å². The summed E-state index contributed by atoms with van der Waals surface area (Å²) in [6.45, 7) is 13.8. The summed E-state index contributed by atoms with van der Waals surface area (Å²) in [5.41, 5.74) is 24.4. The molecule has 0 aromatic heterocycles. The first-order valence-electron chi connectivity index (χ1n) is 25.8. The minimum atomic E-state index is -3.55. The second-order valence-corrected chi connectivity index (χ2v) is 24.3. The third-order valence-electron chi connectivity index (χ3n) is 17.0. The highest BCUT2D eigenvalue weighted by molar-refractivity contribution is 7.86. The van der Waals surface area contributed by atoms with Crippen LogP contribution in [0.15, 0.2) is 170 Å². The normalized spacial score (nSPS) is 16.9. The first-order valence-corrected chi connectivity index (χ1v) is 27.5. The van der Waals surface area contributed by atoms with E-state index in [1.165, 1.54) is 49.5 Å². The van der Waals surface area contributed by atoms with Crippen molar-refractivity contribution in [2.75, 3.05) is 19.6 Å². The molecule has 7 heterocycles.